The minimum atomic E-state index is -1.38. The van der Waals surface area contributed by atoms with Gasteiger partial charge in [0.25, 0.3) is 0 Å². The fourth-order valence-corrected chi connectivity index (χ4v) is 3.68. The van der Waals surface area contributed by atoms with Crippen molar-refractivity contribution in [1.82, 2.24) is 0 Å². The third-order valence-corrected chi connectivity index (χ3v) is 5.58. The first-order chi connectivity index (χ1) is 11.5. The fraction of sp³-hybridized carbons (Fsp3) is 0.650. The summed E-state index contributed by atoms with van der Waals surface area (Å²) in [6.07, 6.45) is 2.18. The van der Waals surface area contributed by atoms with Crippen LogP contribution < -0.4 is 0 Å². The molecule has 25 heavy (non-hydrogen) atoms. The van der Waals surface area contributed by atoms with Crippen LogP contribution in [0, 0.1) is 28.7 Å². The van der Waals surface area contributed by atoms with E-state index in [9.17, 15) is 17.6 Å². The van der Waals surface area contributed by atoms with Gasteiger partial charge < -0.3 is 5.41 Å². The average Bonchev–Trinajstić information content (AvgIpc) is 2.53. The van der Waals surface area contributed by atoms with Crippen molar-refractivity contribution >= 4 is 5.71 Å². The standard InChI is InChI=1S/C20H29F4N/c1-7-10-19(5,9-3)13-15(21)17(23)14(18(24)16(13)22)20(6,11-8-2)12(4)25/h25H,7-11H2,1-6H3. The summed E-state index contributed by atoms with van der Waals surface area (Å²) in [4.78, 5) is 0. The molecule has 0 radical (unpaired) electrons. The highest BCUT2D eigenvalue weighted by molar-refractivity contribution is 5.90. The predicted octanol–water partition coefficient (Wildman–Crippen LogP) is 6.81. The summed E-state index contributed by atoms with van der Waals surface area (Å²) in [5.41, 5.74) is -3.57. The van der Waals surface area contributed by atoms with Crippen LogP contribution in [0.5, 0.6) is 0 Å². The van der Waals surface area contributed by atoms with Crippen molar-refractivity contribution in [2.24, 2.45) is 0 Å². The van der Waals surface area contributed by atoms with E-state index in [2.05, 4.69) is 0 Å². The summed E-state index contributed by atoms with van der Waals surface area (Å²) >= 11 is 0. The quantitative estimate of drug-likeness (QED) is 0.299. The monoisotopic (exact) mass is 359 g/mol. The Kier molecular flexibility index (Phi) is 6.82. The molecule has 0 spiro atoms. The fourth-order valence-electron chi connectivity index (χ4n) is 3.68. The van der Waals surface area contributed by atoms with Gasteiger partial charge in [-0.05, 0) is 31.6 Å². The Hall–Kier alpha value is -1.39. The van der Waals surface area contributed by atoms with Gasteiger partial charge in [-0.1, -0.05) is 47.5 Å². The molecule has 0 saturated heterocycles. The van der Waals surface area contributed by atoms with Crippen LogP contribution in [-0.4, -0.2) is 5.71 Å². The van der Waals surface area contributed by atoms with Crippen LogP contribution in [0.15, 0.2) is 0 Å². The van der Waals surface area contributed by atoms with E-state index in [1.54, 1.807) is 20.8 Å². The zero-order valence-corrected chi connectivity index (χ0v) is 16.0. The maximum absolute atomic E-state index is 14.9. The van der Waals surface area contributed by atoms with Crippen molar-refractivity contribution in [2.45, 2.75) is 84.5 Å². The zero-order valence-electron chi connectivity index (χ0n) is 16.0. The molecule has 0 heterocycles. The van der Waals surface area contributed by atoms with Gasteiger partial charge in [0.15, 0.2) is 23.3 Å². The minimum Gasteiger partial charge on any atom is -0.309 e. The van der Waals surface area contributed by atoms with Crippen molar-refractivity contribution in [1.29, 1.82) is 5.41 Å². The molecular formula is C20H29F4N. The van der Waals surface area contributed by atoms with Crippen LogP contribution in [-0.2, 0) is 10.8 Å². The number of halogens is 4. The first-order valence-electron chi connectivity index (χ1n) is 8.94. The third kappa shape index (κ3) is 3.61. The van der Waals surface area contributed by atoms with Crippen LogP contribution in [0.3, 0.4) is 0 Å². The van der Waals surface area contributed by atoms with Crippen molar-refractivity contribution in [3.05, 3.63) is 34.4 Å². The highest BCUT2D eigenvalue weighted by Crippen LogP contribution is 2.42. The maximum atomic E-state index is 14.9. The number of rotatable bonds is 8. The Labute approximate surface area is 148 Å². The second-order valence-electron chi connectivity index (χ2n) is 7.38. The average molecular weight is 359 g/mol. The molecular weight excluding hydrogens is 330 g/mol. The molecule has 1 aromatic rings. The van der Waals surface area contributed by atoms with E-state index in [0.717, 1.165) is 0 Å². The van der Waals surface area contributed by atoms with E-state index >= 15 is 0 Å². The lowest BCUT2D eigenvalue weighted by molar-refractivity contribution is 0.335. The van der Waals surface area contributed by atoms with Gasteiger partial charge in [0.05, 0.1) is 0 Å². The second kappa shape index (κ2) is 7.88. The molecule has 0 aliphatic carbocycles. The van der Waals surface area contributed by atoms with Gasteiger partial charge in [-0.25, -0.2) is 17.6 Å². The molecule has 142 valence electrons. The van der Waals surface area contributed by atoms with E-state index in [1.807, 2.05) is 6.92 Å². The molecule has 2 unspecified atom stereocenters. The summed E-state index contributed by atoms with van der Waals surface area (Å²) in [5, 5.41) is 7.92. The molecule has 1 aromatic carbocycles. The molecule has 5 heteroatoms. The van der Waals surface area contributed by atoms with E-state index in [4.69, 9.17) is 5.41 Å². The number of hydrogen-bond acceptors (Lipinski definition) is 1. The lowest BCUT2D eigenvalue weighted by Gasteiger charge is -2.34. The SMILES string of the molecule is CCCC(C)(CC)c1c(F)c(F)c(C(C)(CCC)C(C)=N)c(F)c1F. The highest BCUT2D eigenvalue weighted by Gasteiger charge is 2.42. The van der Waals surface area contributed by atoms with Gasteiger partial charge in [0.1, 0.15) is 0 Å². The van der Waals surface area contributed by atoms with E-state index in [-0.39, 0.29) is 12.1 Å². The lowest BCUT2D eigenvalue weighted by Crippen LogP contribution is -2.35. The van der Waals surface area contributed by atoms with E-state index in [1.165, 1.54) is 13.8 Å². The summed E-state index contributed by atoms with van der Waals surface area (Å²) in [6.45, 7) is 9.91. The molecule has 0 aliphatic rings. The van der Waals surface area contributed by atoms with Crippen LogP contribution in [0.1, 0.15) is 84.8 Å². The Morgan fingerprint density at radius 2 is 1.20 bits per heavy atom. The molecule has 1 nitrogen and oxygen atoms in total. The van der Waals surface area contributed by atoms with Crippen molar-refractivity contribution < 1.29 is 17.6 Å². The van der Waals surface area contributed by atoms with Crippen molar-refractivity contribution in [3.63, 3.8) is 0 Å². The van der Waals surface area contributed by atoms with E-state index in [0.29, 0.717) is 25.7 Å². The molecule has 0 aliphatic heterocycles. The van der Waals surface area contributed by atoms with Gasteiger partial charge in [-0.2, -0.15) is 0 Å². The minimum absolute atomic E-state index is 0.0227. The maximum Gasteiger partial charge on any atom is 0.166 e. The Balaban J connectivity index is 3.84. The van der Waals surface area contributed by atoms with Gasteiger partial charge in [0.2, 0.25) is 0 Å². The molecule has 2 atom stereocenters. The van der Waals surface area contributed by atoms with Gasteiger partial charge >= 0.3 is 0 Å². The Bertz CT molecular complexity index is 627. The molecule has 0 aromatic heterocycles. The molecule has 1 N–H and O–H groups in total. The lowest BCUT2D eigenvalue weighted by atomic mass is 9.71. The number of hydrogen-bond donors (Lipinski definition) is 1. The molecule has 0 saturated carbocycles. The summed E-state index contributed by atoms with van der Waals surface area (Å²) in [5.74, 6) is -5.38. The van der Waals surface area contributed by atoms with Gasteiger partial charge in [0, 0.05) is 22.3 Å². The smallest absolute Gasteiger partial charge is 0.166 e. The van der Waals surface area contributed by atoms with Gasteiger partial charge in [-0.3, -0.25) is 0 Å². The van der Waals surface area contributed by atoms with Crippen molar-refractivity contribution in [3.8, 4) is 0 Å². The third-order valence-electron chi connectivity index (χ3n) is 5.58. The summed E-state index contributed by atoms with van der Waals surface area (Å²) in [7, 11) is 0. The topological polar surface area (TPSA) is 23.9 Å². The molecule has 0 bridgehead atoms. The number of benzene rings is 1. The Morgan fingerprint density at radius 3 is 1.52 bits per heavy atom. The van der Waals surface area contributed by atoms with Gasteiger partial charge in [-0.15, -0.1) is 0 Å². The molecule has 0 amide bonds. The highest BCUT2D eigenvalue weighted by atomic mass is 19.2. The second-order valence-corrected chi connectivity index (χ2v) is 7.38. The molecule has 0 fully saturated rings. The van der Waals surface area contributed by atoms with E-state index < -0.39 is 45.2 Å². The number of nitrogens with one attached hydrogen (secondary N) is 1. The normalized spacial score (nSPS) is 16.4. The molecule has 1 rings (SSSR count). The Morgan fingerprint density at radius 1 is 0.800 bits per heavy atom. The first-order valence-corrected chi connectivity index (χ1v) is 8.94. The van der Waals surface area contributed by atoms with Crippen LogP contribution in [0.2, 0.25) is 0 Å². The van der Waals surface area contributed by atoms with Crippen molar-refractivity contribution in [2.75, 3.05) is 0 Å². The zero-order chi connectivity index (χ0) is 19.6. The van der Waals surface area contributed by atoms with Crippen LogP contribution in [0.4, 0.5) is 17.6 Å². The first kappa shape index (κ1) is 21.7. The summed E-state index contributed by atoms with van der Waals surface area (Å²) < 4.78 is 59.6. The largest absolute Gasteiger partial charge is 0.309 e. The van der Waals surface area contributed by atoms with Crippen LogP contribution in [0.25, 0.3) is 0 Å². The summed E-state index contributed by atoms with van der Waals surface area (Å²) in [6, 6.07) is 0. The predicted molar refractivity (Wildman–Crippen MR) is 94.5 cm³/mol. The van der Waals surface area contributed by atoms with Crippen LogP contribution >= 0.6 is 0 Å².